The number of hydrogen-bond donors (Lipinski definition) is 0. The molecule has 1 aliphatic rings. The molecule has 1 aromatic heterocycles. The lowest BCUT2D eigenvalue weighted by molar-refractivity contribution is -0.153. The van der Waals surface area contributed by atoms with Gasteiger partial charge in [0.1, 0.15) is 0 Å². The molecule has 1 amide bonds. The van der Waals surface area contributed by atoms with E-state index < -0.39 is 0 Å². The highest BCUT2D eigenvalue weighted by atomic mass is 16.5. The van der Waals surface area contributed by atoms with Crippen LogP contribution in [0.15, 0.2) is 6.07 Å². The lowest BCUT2D eigenvalue weighted by Crippen LogP contribution is -2.45. The van der Waals surface area contributed by atoms with E-state index in [0.29, 0.717) is 12.6 Å². The van der Waals surface area contributed by atoms with Gasteiger partial charge < -0.3 is 9.64 Å². The summed E-state index contributed by atoms with van der Waals surface area (Å²) in [5.74, 6) is -0.424. The van der Waals surface area contributed by atoms with Crippen LogP contribution in [0.1, 0.15) is 50.4 Å². The molecule has 128 valence electrons. The van der Waals surface area contributed by atoms with Crippen molar-refractivity contribution >= 4 is 11.9 Å². The Kier molecular flexibility index (Phi) is 6.19. The zero-order chi connectivity index (χ0) is 16.8. The van der Waals surface area contributed by atoms with Gasteiger partial charge in [0.2, 0.25) is 0 Å². The summed E-state index contributed by atoms with van der Waals surface area (Å²) in [5.41, 5.74) is 1.95. The van der Waals surface area contributed by atoms with E-state index in [0.717, 1.165) is 37.2 Å². The first-order valence-corrected chi connectivity index (χ1v) is 8.47. The summed E-state index contributed by atoms with van der Waals surface area (Å²) in [4.78, 5) is 25.9. The molecular weight excluding hydrogens is 294 g/mol. The van der Waals surface area contributed by atoms with Gasteiger partial charge in [0.05, 0.1) is 18.7 Å². The molecule has 6 nitrogen and oxygen atoms in total. The monoisotopic (exact) mass is 321 g/mol. The molecular formula is C17H27N3O3. The van der Waals surface area contributed by atoms with E-state index >= 15 is 0 Å². The Balaban J connectivity index is 1.75. The molecule has 6 heteroatoms. The van der Waals surface area contributed by atoms with Gasteiger partial charge in [-0.1, -0.05) is 6.92 Å². The van der Waals surface area contributed by atoms with Crippen molar-refractivity contribution in [3.8, 4) is 0 Å². The van der Waals surface area contributed by atoms with Crippen LogP contribution in [0.25, 0.3) is 0 Å². The minimum atomic E-state index is -0.351. The first kappa shape index (κ1) is 17.5. The summed E-state index contributed by atoms with van der Waals surface area (Å²) in [6.45, 7) is 7.08. The molecule has 1 aliphatic heterocycles. The quantitative estimate of drug-likeness (QED) is 0.754. The Bertz CT molecular complexity index is 553. The number of amides is 1. The number of esters is 1. The third-order valence-electron chi connectivity index (χ3n) is 4.41. The smallest absolute Gasteiger partial charge is 0.308 e. The number of hydrogen-bond acceptors (Lipinski definition) is 4. The predicted molar refractivity (Wildman–Crippen MR) is 86.9 cm³/mol. The lowest BCUT2D eigenvalue weighted by atomic mass is 10.00. The SMILES string of the molecule is CCC1CCCCN1C(=O)COC(=O)CCn1nc(C)cc1C. The highest BCUT2D eigenvalue weighted by Gasteiger charge is 2.25. The molecule has 1 unspecified atom stereocenters. The zero-order valence-electron chi connectivity index (χ0n) is 14.4. The van der Waals surface area contributed by atoms with E-state index in [2.05, 4.69) is 12.0 Å². The molecule has 2 heterocycles. The van der Waals surface area contributed by atoms with E-state index in [1.54, 1.807) is 4.68 Å². The maximum absolute atomic E-state index is 12.2. The minimum absolute atomic E-state index is 0.0731. The number of ether oxygens (including phenoxy) is 1. The highest BCUT2D eigenvalue weighted by Crippen LogP contribution is 2.19. The Morgan fingerprint density at radius 2 is 2.13 bits per heavy atom. The molecule has 0 bridgehead atoms. The molecule has 0 spiro atoms. The van der Waals surface area contributed by atoms with Crippen molar-refractivity contribution in [2.75, 3.05) is 13.2 Å². The predicted octanol–water partition coefficient (Wildman–Crippen LogP) is 2.22. The maximum Gasteiger partial charge on any atom is 0.308 e. The van der Waals surface area contributed by atoms with Gasteiger partial charge in [0.25, 0.3) is 5.91 Å². The Morgan fingerprint density at radius 3 is 2.78 bits per heavy atom. The van der Waals surface area contributed by atoms with Crippen LogP contribution in [-0.4, -0.2) is 45.8 Å². The molecule has 0 radical (unpaired) electrons. The van der Waals surface area contributed by atoms with Gasteiger partial charge in [0, 0.05) is 18.3 Å². The first-order chi connectivity index (χ1) is 11.0. The van der Waals surface area contributed by atoms with Crippen LogP contribution in [-0.2, 0) is 20.9 Å². The van der Waals surface area contributed by atoms with Crippen molar-refractivity contribution in [2.45, 2.75) is 65.5 Å². The van der Waals surface area contributed by atoms with Crippen LogP contribution in [0.3, 0.4) is 0 Å². The number of likely N-dealkylation sites (tertiary alicyclic amines) is 1. The van der Waals surface area contributed by atoms with Crippen molar-refractivity contribution in [3.63, 3.8) is 0 Å². The van der Waals surface area contributed by atoms with Gasteiger partial charge in [-0.25, -0.2) is 0 Å². The number of aryl methyl sites for hydroxylation is 3. The third kappa shape index (κ3) is 4.81. The van der Waals surface area contributed by atoms with Crippen LogP contribution in [0.2, 0.25) is 0 Å². The van der Waals surface area contributed by atoms with Crippen LogP contribution in [0.5, 0.6) is 0 Å². The number of nitrogens with zero attached hydrogens (tertiary/aromatic N) is 3. The van der Waals surface area contributed by atoms with Crippen LogP contribution in [0.4, 0.5) is 0 Å². The summed E-state index contributed by atoms with van der Waals surface area (Å²) in [7, 11) is 0. The highest BCUT2D eigenvalue weighted by molar-refractivity contribution is 5.81. The Morgan fingerprint density at radius 1 is 1.35 bits per heavy atom. The molecule has 1 saturated heterocycles. The fourth-order valence-electron chi connectivity index (χ4n) is 3.15. The van der Waals surface area contributed by atoms with Crippen molar-refractivity contribution in [1.82, 2.24) is 14.7 Å². The summed E-state index contributed by atoms with van der Waals surface area (Å²) < 4.78 is 6.93. The fraction of sp³-hybridized carbons (Fsp3) is 0.706. The molecule has 0 aromatic carbocycles. The average molecular weight is 321 g/mol. The first-order valence-electron chi connectivity index (χ1n) is 8.47. The molecule has 0 saturated carbocycles. The van der Waals surface area contributed by atoms with Crippen molar-refractivity contribution < 1.29 is 14.3 Å². The van der Waals surface area contributed by atoms with E-state index in [4.69, 9.17) is 4.74 Å². The molecule has 1 fully saturated rings. The summed E-state index contributed by atoms with van der Waals surface area (Å²) in [6.07, 6.45) is 4.44. The second kappa shape index (κ2) is 8.13. The number of carbonyl (C=O) groups excluding carboxylic acids is 2. The topological polar surface area (TPSA) is 64.4 Å². The van der Waals surface area contributed by atoms with E-state index in [9.17, 15) is 9.59 Å². The van der Waals surface area contributed by atoms with Gasteiger partial charge in [0.15, 0.2) is 6.61 Å². The minimum Gasteiger partial charge on any atom is -0.456 e. The Hall–Kier alpha value is -1.85. The van der Waals surface area contributed by atoms with Gasteiger partial charge in [-0.05, 0) is 45.6 Å². The normalized spacial score (nSPS) is 18.0. The summed E-state index contributed by atoms with van der Waals surface area (Å²) >= 11 is 0. The molecule has 23 heavy (non-hydrogen) atoms. The number of piperidine rings is 1. The molecule has 1 atom stereocenters. The van der Waals surface area contributed by atoms with Crippen molar-refractivity contribution in [2.24, 2.45) is 0 Å². The van der Waals surface area contributed by atoms with Gasteiger partial charge >= 0.3 is 5.97 Å². The van der Waals surface area contributed by atoms with Crippen LogP contribution >= 0.6 is 0 Å². The van der Waals surface area contributed by atoms with E-state index in [1.807, 2.05) is 24.8 Å². The second-order valence-corrected chi connectivity index (χ2v) is 6.21. The largest absolute Gasteiger partial charge is 0.456 e. The van der Waals surface area contributed by atoms with Crippen LogP contribution < -0.4 is 0 Å². The molecule has 0 N–H and O–H groups in total. The zero-order valence-corrected chi connectivity index (χ0v) is 14.4. The summed E-state index contributed by atoms with van der Waals surface area (Å²) in [6, 6.07) is 2.26. The van der Waals surface area contributed by atoms with Gasteiger partial charge in [-0.3, -0.25) is 14.3 Å². The maximum atomic E-state index is 12.2. The fourth-order valence-corrected chi connectivity index (χ4v) is 3.15. The van der Waals surface area contributed by atoms with Crippen molar-refractivity contribution in [1.29, 1.82) is 0 Å². The third-order valence-corrected chi connectivity index (χ3v) is 4.41. The van der Waals surface area contributed by atoms with E-state index in [1.165, 1.54) is 6.42 Å². The second-order valence-electron chi connectivity index (χ2n) is 6.21. The lowest BCUT2D eigenvalue weighted by Gasteiger charge is -2.35. The number of aromatic nitrogens is 2. The molecule has 0 aliphatic carbocycles. The Labute approximate surface area is 137 Å². The standard InChI is InChI=1S/C17H27N3O3/c1-4-15-7-5-6-9-19(15)16(21)12-23-17(22)8-10-20-14(3)11-13(2)18-20/h11,15H,4-10,12H2,1-3H3. The van der Waals surface area contributed by atoms with Gasteiger partial charge in [-0.2, -0.15) is 5.10 Å². The number of rotatable bonds is 6. The average Bonchev–Trinajstić information content (AvgIpc) is 2.88. The van der Waals surface area contributed by atoms with Gasteiger partial charge in [-0.15, -0.1) is 0 Å². The molecule has 1 aromatic rings. The van der Waals surface area contributed by atoms with E-state index in [-0.39, 0.29) is 24.9 Å². The number of carbonyl (C=O) groups is 2. The summed E-state index contributed by atoms with van der Waals surface area (Å²) in [5, 5.41) is 4.31. The molecule has 2 rings (SSSR count). The van der Waals surface area contributed by atoms with Crippen molar-refractivity contribution in [3.05, 3.63) is 17.5 Å². The van der Waals surface area contributed by atoms with Crippen LogP contribution in [0, 0.1) is 13.8 Å².